The molecule has 10 nitrogen and oxygen atoms in total. The van der Waals surface area contributed by atoms with Crippen LogP contribution in [0, 0.1) is 50.7 Å². The molecule has 0 aromatic carbocycles. The first-order valence-electron chi connectivity index (χ1n) is 21.6. The maximum Gasteiger partial charge on any atom is 0.170 e. The largest absolute Gasteiger partial charge is 0.390 e. The molecule has 9 aliphatic rings. The quantitative estimate of drug-likeness (QED) is 0.313. The van der Waals surface area contributed by atoms with Crippen LogP contribution in [0.1, 0.15) is 107 Å². The van der Waals surface area contributed by atoms with Crippen LogP contribution in [0.25, 0.3) is 0 Å². The van der Waals surface area contributed by atoms with Gasteiger partial charge >= 0.3 is 0 Å². The smallest absolute Gasteiger partial charge is 0.170 e. The van der Waals surface area contributed by atoms with E-state index in [2.05, 4.69) is 44.4 Å². The Balaban J connectivity index is 0.889. The first kappa shape index (κ1) is 38.1. The predicted octanol–water partition coefficient (Wildman–Crippen LogP) is 4.46. The van der Waals surface area contributed by atoms with Gasteiger partial charge in [-0.25, -0.2) is 0 Å². The van der Waals surface area contributed by atoms with Gasteiger partial charge in [0.25, 0.3) is 0 Å². The highest BCUT2D eigenvalue weighted by molar-refractivity contribution is 5.33. The molecule has 53 heavy (non-hydrogen) atoms. The summed E-state index contributed by atoms with van der Waals surface area (Å²) in [7, 11) is 0. The van der Waals surface area contributed by atoms with Crippen molar-refractivity contribution in [2.75, 3.05) is 59.2 Å². The van der Waals surface area contributed by atoms with Gasteiger partial charge in [0.2, 0.25) is 0 Å². The van der Waals surface area contributed by atoms with Gasteiger partial charge in [-0.1, -0.05) is 34.6 Å². The minimum Gasteiger partial charge on any atom is -0.390 e. The molecule has 9 fully saturated rings. The Labute approximate surface area is 318 Å². The molecule has 0 aromatic heterocycles. The molecule has 9 rings (SSSR count). The Kier molecular flexibility index (Phi) is 9.03. The van der Waals surface area contributed by atoms with Crippen LogP contribution in [-0.4, -0.2) is 138 Å². The number of rotatable bonds is 9. The fraction of sp³-hybridized carbons (Fsp3) is 1.00. The Morgan fingerprint density at radius 1 is 0.981 bits per heavy atom. The lowest BCUT2D eigenvalue weighted by molar-refractivity contribution is -0.254. The van der Waals surface area contributed by atoms with E-state index in [4.69, 9.17) is 23.7 Å². The maximum atomic E-state index is 12.7. The van der Waals surface area contributed by atoms with Crippen molar-refractivity contribution in [3.05, 3.63) is 0 Å². The van der Waals surface area contributed by atoms with Crippen LogP contribution in [0.15, 0.2) is 0 Å². The van der Waals surface area contributed by atoms with E-state index in [1.165, 1.54) is 25.7 Å². The second-order valence-corrected chi connectivity index (χ2v) is 21.6. The van der Waals surface area contributed by atoms with E-state index in [0.717, 1.165) is 58.5 Å². The van der Waals surface area contributed by atoms with Crippen LogP contribution in [0.2, 0.25) is 0 Å². The predicted molar refractivity (Wildman–Crippen MR) is 200 cm³/mol. The molecule has 0 aromatic rings. The fourth-order valence-corrected chi connectivity index (χ4v) is 15.7. The van der Waals surface area contributed by atoms with E-state index >= 15 is 0 Å². The number of aliphatic hydroxyl groups is 3. The molecule has 10 heteroatoms. The third-order valence-corrected chi connectivity index (χ3v) is 18.2. The average Bonchev–Trinajstić information content (AvgIpc) is 3.68. The van der Waals surface area contributed by atoms with Gasteiger partial charge in [-0.05, 0) is 117 Å². The number of morpholine rings is 1. The second kappa shape index (κ2) is 12.6. The summed E-state index contributed by atoms with van der Waals surface area (Å²) in [5.41, 5.74) is -1.28. The van der Waals surface area contributed by atoms with Crippen molar-refractivity contribution in [3.63, 3.8) is 0 Å². The average molecular weight is 745 g/mol. The molecular formula is C43H72N2O8. The molecule has 4 saturated heterocycles. The Morgan fingerprint density at radius 2 is 1.70 bits per heavy atom. The van der Waals surface area contributed by atoms with Gasteiger partial charge in [0.1, 0.15) is 11.7 Å². The third kappa shape index (κ3) is 5.38. The zero-order valence-electron chi connectivity index (χ0n) is 34.1. The minimum atomic E-state index is -1.02. The van der Waals surface area contributed by atoms with E-state index in [9.17, 15) is 15.3 Å². The van der Waals surface area contributed by atoms with Crippen LogP contribution in [0.3, 0.4) is 0 Å². The van der Waals surface area contributed by atoms with Gasteiger partial charge in [0.05, 0.1) is 55.9 Å². The van der Waals surface area contributed by atoms with Crippen molar-refractivity contribution in [3.8, 4) is 0 Å². The van der Waals surface area contributed by atoms with Gasteiger partial charge in [-0.2, -0.15) is 0 Å². The van der Waals surface area contributed by atoms with Crippen molar-refractivity contribution in [1.29, 1.82) is 0 Å². The highest BCUT2D eigenvalue weighted by Gasteiger charge is 2.84. The Hall–Kier alpha value is -0.400. The summed E-state index contributed by atoms with van der Waals surface area (Å²) in [5.74, 6) is 1.74. The van der Waals surface area contributed by atoms with Crippen molar-refractivity contribution < 1.29 is 39.0 Å². The second-order valence-electron chi connectivity index (χ2n) is 21.6. The maximum absolute atomic E-state index is 12.7. The van der Waals surface area contributed by atoms with E-state index < -0.39 is 23.4 Å². The molecule has 0 unspecified atom stereocenters. The van der Waals surface area contributed by atoms with Crippen molar-refractivity contribution >= 4 is 0 Å². The molecule has 0 radical (unpaired) electrons. The number of hydrogen-bond acceptors (Lipinski definition) is 10. The number of likely N-dealkylation sites (tertiary alicyclic amines) is 1. The molecule has 5 aliphatic carbocycles. The van der Waals surface area contributed by atoms with Crippen molar-refractivity contribution in [2.24, 2.45) is 50.7 Å². The summed E-state index contributed by atoms with van der Waals surface area (Å²) in [6.45, 7) is 24.4. The highest BCUT2D eigenvalue weighted by Crippen LogP contribution is 2.89. The summed E-state index contributed by atoms with van der Waals surface area (Å²) >= 11 is 0. The number of nitrogens with zero attached hydrogens (tertiary/aromatic N) is 2. The van der Waals surface area contributed by atoms with E-state index in [1.54, 1.807) is 0 Å². The number of β-amino-alcohol motifs (C(OH)–C–C–N with tert-alkyl or cyclic N) is 1. The summed E-state index contributed by atoms with van der Waals surface area (Å²) in [6, 6.07) is 0.478. The SMILES string of the molecule is CCO[C@@H]([C@H]1C[C@@H](C)[C@H]2[C@H](O1)[C@H](O)[C@@]1(C)[C@@H]3CC[C@H]4C(C)(C)[C@@H](O[C@H]5CN(CC6(O)CN(C7COC7)C6)CCO5)CC[C@@]45C[C@@]35CC[C@]21C)C(C)(C)O. The van der Waals surface area contributed by atoms with Crippen molar-refractivity contribution in [2.45, 2.75) is 161 Å². The van der Waals surface area contributed by atoms with Crippen LogP contribution < -0.4 is 0 Å². The van der Waals surface area contributed by atoms with Crippen molar-refractivity contribution in [1.82, 2.24) is 9.80 Å². The summed E-state index contributed by atoms with van der Waals surface area (Å²) in [4.78, 5) is 4.71. The lowest BCUT2D eigenvalue weighted by atomic mass is 9.41. The van der Waals surface area contributed by atoms with Crippen LogP contribution in [0.4, 0.5) is 0 Å². The molecule has 2 spiro atoms. The monoisotopic (exact) mass is 745 g/mol. The summed E-state index contributed by atoms with van der Waals surface area (Å²) in [6.07, 6.45) is 7.61. The van der Waals surface area contributed by atoms with Crippen LogP contribution in [-0.2, 0) is 23.7 Å². The standard InChI is InChI=1S/C43H72N2O8/c1-9-50-36(38(5,6)47)28-18-26(2)33-34(52-28)35(46)40(8)30-11-10-29-37(3,4)31(12-13-42(29)22-43(30,42)15-14-39(33,40)7)53-32-19-44(16-17-51-32)23-41(48)24-45(25-41)27-20-49-21-27/h26-36,46-48H,9-25H2,1-8H3/t26-,28-,29+,30+,31+,32+,33+,34+,35+,36+,39-,40-,42-,43+/m1/s1. The van der Waals surface area contributed by atoms with Gasteiger partial charge in [0.15, 0.2) is 6.29 Å². The van der Waals surface area contributed by atoms with Crippen LogP contribution >= 0.6 is 0 Å². The van der Waals surface area contributed by atoms with E-state index in [1.807, 2.05) is 20.8 Å². The van der Waals surface area contributed by atoms with E-state index in [-0.39, 0.29) is 46.3 Å². The topological polar surface area (TPSA) is 113 Å². The number of ether oxygens (including phenoxy) is 5. The normalized spacial score (nSPS) is 51.1. The lowest BCUT2D eigenvalue weighted by Crippen LogP contribution is -2.71. The Bertz CT molecular complexity index is 1400. The molecule has 0 amide bonds. The highest BCUT2D eigenvalue weighted by atomic mass is 16.7. The zero-order chi connectivity index (χ0) is 37.6. The molecule has 3 N–H and O–H groups in total. The lowest BCUT2D eigenvalue weighted by Gasteiger charge is -2.64. The molecule has 5 saturated carbocycles. The zero-order valence-corrected chi connectivity index (χ0v) is 34.1. The molecule has 4 heterocycles. The number of aliphatic hydroxyl groups excluding tert-OH is 1. The van der Waals surface area contributed by atoms with Gasteiger partial charge in [0, 0.05) is 44.7 Å². The fourth-order valence-electron chi connectivity index (χ4n) is 15.7. The molecule has 14 atom stereocenters. The molecule has 0 bridgehead atoms. The first-order chi connectivity index (χ1) is 24.9. The summed E-state index contributed by atoms with van der Waals surface area (Å²) in [5, 5.41) is 35.0. The molecule has 302 valence electrons. The Morgan fingerprint density at radius 3 is 2.38 bits per heavy atom. The van der Waals surface area contributed by atoms with Gasteiger partial charge in [-0.15, -0.1) is 0 Å². The van der Waals surface area contributed by atoms with Crippen LogP contribution in [0.5, 0.6) is 0 Å². The number of fused-ring (bicyclic) bond motifs is 4. The molecule has 4 aliphatic heterocycles. The first-order valence-corrected chi connectivity index (χ1v) is 21.6. The molecular weight excluding hydrogens is 672 g/mol. The van der Waals surface area contributed by atoms with Gasteiger partial charge < -0.3 is 39.0 Å². The minimum absolute atomic E-state index is 0.000402. The van der Waals surface area contributed by atoms with Gasteiger partial charge in [-0.3, -0.25) is 9.80 Å². The summed E-state index contributed by atoms with van der Waals surface area (Å²) < 4.78 is 31.8. The van der Waals surface area contributed by atoms with E-state index in [0.29, 0.717) is 61.4 Å². The third-order valence-electron chi connectivity index (χ3n) is 18.2. The number of hydrogen-bond donors (Lipinski definition) is 3.